The number of rotatable bonds is 18. The number of unbranched alkanes of at least 4 members (excludes halogenated alkanes) is 1. The summed E-state index contributed by atoms with van der Waals surface area (Å²) < 4.78 is 0. The van der Waals surface area contributed by atoms with Gasteiger partial charge in [0.15, 0.2) is 0 Å². The van der Waals surface area contributed by atoms with Crippen LogP contribution in [0.3, 0.4) is 0 Å². The number of Topliss-reactive ketones (excluding diaryl/α,β-unsaturated/α-hetero) is 1. The van der Waals surface area contributed by atoms with Crippen molar-refractivity contribution >= 4 is 17.5 Å². The maximum absolute atomic E-state index is 13.0. The first-order chi connectivity index (χ1) is 21.0. The topological polar surface area (TPSA) is 113 Å². The van der Waals surface area contributed by atoms with Crippen molar-refractivity contribution in [2.45, 2.75) is 136 Å². The van der Waals surface area contributed by atoms with E-state index in [0.29, 0.717) is 64.6 Å². The number of hydrogen-bond donors (Lipinski definition) is 5. The van der Waals surface area contributed by atoms with Crippen LogP contribution in [-0.4, -0.2) is 66.8 Å². The molecule has 4 aliphatic carbocycles. The Hall–Kier alpha value is -0.180. The van der Waals surface area contributed by atoms with Gasteiger partial charge in [0.05, 0.1) is 6.10 Å². The monoisotopic (exact) mass is 635 g/mol. The highest BCUT2D eigenvalue weighted by Gasteiger charge is 2.62. The van der Waals surface area contributed by atoms with Crippen molar-refractivity contribution in [1.82, 2.24) is 10.6 Å². The lowest BCUT2D eigenvalue weighted by Gasteiger charge is -2.62. The molecule has 7 heteroatoms. The fourth-order valence-corrected chi connectivity index (χ4v) is 11.8. The molecule has 0 radical (unpaired) electrons. The summed E-state index contributed by atoms with van der Waals surface area (Å²) in [5, 5.41) is 19.3. The molecule has 0 aromatic carbocycles. The van der Waals surface area contributed by atoms with Crippen LogP contribution in [-0.2, 0) is 4.79 Å². The molecule has 6 nitrogen and oxygen atoms in total. The Bertz CT molecular complexity index is 890. The Kier molecular flexibility index (Phi) is 14.0. The van der Waals surface area contributed by atoms with Gasteiger partial charge in [0.2, 0.25) is 0 Å². The number of nitrogens with one attached hydrogen (secondary N) is 2. The van der Waals surface area contributed by atoms with E-state index in [9.17, 15) is 9.90 Å². The van der Waals surface area contributed by atoms with Gasteiger partial charge in [-0.2, -0.15) is 11.8 Å². The van der Waals surface area contributed by atoms with Gasteiger partial charge < -0.3 is 27.2 Å². The van der Waals surface area contributed by atoms with Crippen molar-refractivity contribution in [3.8, 4) is 0 Å². The molecule has 0 bridgehead atoms. The van der Waals surface area contributed by atoms with Gasteiger partial charge in [0.25, 0.3) is 0 Å². The van der Waals surface area contributed by atoms with E-state index in [4.69, 9.17) is 11.5 Å². The Morgan fingerprint density at radius 2 is 1.66 bits per heavy atom. The fourth-order valence-electron chi connectivity index (χ4n) is 10.8. The molecular formula is C37H70N4O2S. The minimum atomic E-state index is -0.149. The predicted octanol–water partition coefficient (Wildman–Crippen LogP) is 5.99. The number of nitrogens with two attached hydrogens (primary N) is 2. The van der Waals surface area contributed by atoms with E-state index in [-0.39, 0.29) is 18.1 Å². The number of carbonyl (C=O) groups excluding carboxylic acids is 1. The van der Waals surface area contributed by atoms with Crippen molar-refractivity contribution < 1.29 is 9.90 Å². The second-order valence-electron chi connectivity index (χ2n) is 16.4. The predicted molar refractivity (Wildman–Crippen MR) is 188 cm³/mol. The van der Waals surface area contributed by atoms with Crippen LogP contribution in [0.1, 0.15) is 118 Å². The van der Waals surface area contributed by atoms with E-state index in [1.54, 1.807) is 0 Å². The molecule has 6 unspecified atom stereocenters. The molecule has 44 heavy (non-hydrogen) atoms. The largest absolute Gasteiger partial charge is 0.393 e. The molecule has 0 heterocycles. The Labute approximate surface area is 275 Å². The molecule has 4 fully saturated rings. The first-order valence-electron chi connectivity index (χ1n) is 18.7. The van der Waals surface area contributed by atoms with Crippen LogP contribution in [0.15, 0.2) is 0 Å². The Balaban J connectivity index is 1.27. The van der Waals surface area contributed by atoms with Gasteiger partial charge in [0, 0.05) is 35.9 Å². The SMILES string of the molecule is CC(N)CSCC(C)C(=O)CC[C@@H](C)C1CCC2C3C(CC[C@@]21C)[C@@]1(C)CC[C@H](NCCCNCCCCN)C[C@@H]1C[C@H]3O. The van der Waals surface area contributed by atoms with Crippen LogP contribution >= 0.6 is 11.8 Å². The van der Waals surface area contributed by atoms with Crippen molar-refractivity contribution in [2.75, 3.05) is 37.7 Å². The van der Waals surface area contributed by atoms with E-state index >= 15 is 0 Å². The quantitative estimate of drug-likeness (QED) is 0.118. The minimum Gasteiger partial charge on any atom is -0.393 e. The molecular weight excluding hydrogens is 565 g/mol. The van der Waals surface area contributed by atoms with E-state index in [1.165, 1.54) is 57.8 Å². The molecule has 0 aromatic heterocycles. The maximum Gasteiger partial charge on any atom is 0.136 e. The number of hydrogen-bond acceptors (Lipinski definition) is 7. The van der Waals surface area contributed by atoms with Crippen molar-refractivity contribution in [3.63, 3.8) is 0 Å². The minimum absolute atomic E-state index is 0.123. The van der Waals surface area contributed by atoms with Crippen LogP contribution in [0.2, 0.25) is 0 Å². The standard InChI is InChI=1S/C37H70N4O2S/c1-25(9-12-33(42)26(2)23-44-24-27(3)39)30-10-11-31-35-32(14-16-37(30,31)5)36(4)15-13-29(21-28(36)22-34(35)43)41-20-8-19-40-18-7-6-17-38/h25-32,34-35,40-41,43H,6-24,38-39H2,1-5H3/t25-,26?,27?,28-,29+,30?,31?,32?,34-,35?,36+,37-/m1/s1. The summed E-state index contributed by atoms with van der Waals surface area (Å²) >= 11 is 1.82. The van der Waals surface area contributed by atoms with Crippen LogP contribution in [0.25, 0.3) is 0 Å². The molecule has 7 N–H and O–H groups in total. The molecule has 4 rings (SSSR count). The molecule has 256 valence electrons. The van der Waals surface area contributed by atoms with E-state index in [1.807, 2.05) is 18.7 Å². The van der Waals surface area contributed by atoms with Crippen LogP contribution < -0.4 is 22.1 Å². The summed E-state index contributed by atoms with van der Waals surface area (Å²) in [5.74, 6) is 6.02. The van der Waals surface area contributed by atoms with E-state index in [2.05, 4.69) is 38.3 Å². The van der Waals surface area contributed by atoms with Gasteiger partial charge in [0.1, 0.15) is 5.78 Å². The van der Waals surface area contributed by atoms with Gasteiger partial charge >= 0.3 is 0 Å². The molecule has 0 saturated heterocycles. The van der Waals surface area contributed by atoms with E-state index in [0.717, 1.165) is 56.9 Å². The number of thioether (sulfide) groups is 1. The molecule has 4 aliphatic rings. The second kappa shape index (κ2) is 16.8. The number of carbonyl (C=O) groups is 1. The molecule has 0 aromatic rings. The molecule has 4 saturated carbocycles. The average Bonchev–Trinajstić information content (AvgIpc) is 3.34. The highest BCUT2D eigenvalue weighted by atomic mass is 32.2. The lowest BCUT2D eigenvalue weighted by atomic mass is 9.43. The maximum atomic E-state index is 13.0. The van der Waals surface area contributed by atoms with Gasteiger partial charge in [-0.3, -0.25) is 4.79 Å². The normalized spacial score (nSPS) is 38.8. The van der Waals surface area contributed by atoms with Gasteiger partial charge in [-0.15, -0.1) is 0 Å². The molecule has 0 amide bonds. The number of aliphatic hydroxyl groups excluding tert-OH is 1. The van der Waals surface area contributed by atoms with Gasteiger partial charge in [-0.05, 0) is 156 Å². The number of ketones is 1. The highest BCUT2D eigenvalue weighted by molar-refractivity contribution is 7.99. The zero-order valence-electron chi connectivity index (χ0n) is 29.1. The van der Waals surface area contributed by atoms with Crippen LogP contribution in [0.4, 0.5) is 0 Å². The summed E-state index contributed by atoms with van der Waals surface area (Å²) in [4.78, 5) is 13.0. The van der Waals surface area contributed by atoms with Crippen LogP contribution in [0.5, 0.6) is 0 Å². The summed E-state index contributed by atoms with van der Waals surface area (Å²) in [5.41, 5.74) is 12.2. The lowest BCUT2D eigenvalue weighted by Crippen LogP contribution is -2.59. The number of aliphatic hydroxyl groups is 1. The zero-order valence-corrected chi connectivity index (χ0v) is 29.9. The third-order valence-electron chi connectivity index (χ3n) is 13.4. The third-order valence-corrected chi connectivity index (χ3v) is 14.9. The summed E-state index contributed by atoms with van der Waals surface area (Å²) in [7, 11) is 0. The highest BCUT2D eigenvalue weighted by Crippen LogP contribution is 2.68. The Morgan fingerprint density at radius 1 is 0.932 bits per heavy atom. The Morgan fingerprint density at radius 3 is 2.41 bits per heavy atom. The smallest absolute Gasteiger partial charge is 0.136 e. The fraction of sp³-hybridized carbons (Fsp3) is 0.973. The van der Waals surface area contributed by atoms with Crippen molar-refractivity contribution in [1.29, 1.82) is 0 Å². The number of fused-ring (bicyclic) bond motifs is 5. The molecule has 0 aliphatic heterocycles. The summed E-state index contributed by atoms with van der Waals surface area (Å²) in [6.45, 7) is 15.8. The molecule has 12 atom stereocenters. The summed E-state index contributed by atoms with van der Waals surface area (Å²) in [6, 6.07) is 0.796. The van der Waals surface area contributed by atoms with Crippen LogP contribution in [0, 0.1) is 52.3 Å². The lowest BCUT2D eigenvalue weighted by molar-refractivity contribution is -0.167. The van der Waals surface area contributed by atoms with E-state index < -0.39 is 0 Å². The van der Waals surface area contributed by atoms with Gasteiger partial charge in [-0.1, -0.05) is 27.7 Å². The first kappa shape index (κ1) is 36.7. The third kappa shape index (κ3) is 8.64. The van der Waals surface area contributed by atoms with Crippen molar-refractivity contribution in [3.05, 3.63) is 0 Å². The second-order valence-corrected chi connectivity index (χ2v) is 17.5. The van der Waals surface area contributed by atoms with Gasteiger partial charge in [-0.25, -0.2) is 0 Å². The molecule has 0 spiro atoms. The van der Waals surface area contributed by atoms with Crippen molar-refractivity contribution in [2.24, 2.45) is 63.7 Å². The first-order valence-corrected chi connectivity index (χ1v) is 19.8. The average molecular weight is 635 g/mol. The summed E-state index contributed by atoms with van der Waals surface area (Å²) in [6.07, 6.45) is 15.0. The zero-order chi connectivity index (χ0) is 31.9.